The van der Waals surface area contributed by atoms with Gasteiger partial charge in [-0.05, 0) is 32.6 Å². The van der Waals surface area contributed by atoms with Crippen molar-refractivity contribution in [2.75, 3.05) is 13.2 Å². The molecule has 0 aromatic rings. The summed E-state index contributed by atoms with van der Waals surface area (Å²) in [5.41, 5.74) is 4.02. The molecule has 3 unspecified atom stereocenters. The second-order valence-corrected chi connectivity index (χ2v) is 5.82. The van der Waals surface area contributed by atoms with Crippen molar-refractivity contribution in [1.82, 2.24) is 5.32 Å². The number of hydrogen-bond donors (Lipinski definition) is 3. The molecular weight excluding hydrogens is 236 g/mol. The van der Waals surface area contributed by atoms with E-state index in [0.717, 1.165) is 12.8 Å². The number of nitrogens with one attached hydrogen (secondary N) is 1. The quantitative estimate of drug-likeness (QED) is 0.642. The van der Waals surface area contributed by atoms with E-state index in [1.165, 1.54) is 0 Å². The van der Waals surface area contributed by atoms with Gasteiger partial charge in [-0.25, -0.2) is 0 Å². The Labute approximate surface area is 106 Å². The number of rotatable bonds is 4. The fourth-order valence-corrected chi connectivity index (χ4v) is 2.27. The number of ether oxygens (including phenoxy) is 1. The summed E-state index contributed by atoms with van der Waals surface area (Å²) in [6, 6.07) is -0.524. The third-order valence-corrected chi connectivity index (χ3v) is 4.16. The lowest BCUT2D eigenvalue weighted by molar-refractivity contribution is -0.149. The number of amides is 1. The minimum absolute atomic E-state index is 0.109. The van der Waals surface area contributed by atoms with Crippen LogP contribution in [0.25, 0.3) is 0 Å². The first-order valence-electron chi connectivity index (χ1n) is 6.19. The maximum atomic E-state index is 12.1. The molecule has 0 aromatic heterocycles. The summed E-state index contributed by atoms with van der Waals surface area (Å²) < 4.78 is 5.19. The smallest absolute Gasteiger partial charge is 0.313 e. The van der Waals surface area contributed by atoms with Crippen LogP contribution in [0.4, 0.5) is 0 Å². The van der Waals surface area contributed by atoms with Gasteiger partial charge in [0.15, 0.2) is 0 Å². The second-order valence-electron chi connectivity index (χ2n) is 5.82. The van der Waals surface area contributed by atoms with E-state index in [4.69, 9.17) is 10.5 Å². The van der Waals surface area contributed by atoms with Crippen molar-refractivity contribution in [2.45, 2.75) is 38.3 Å². The van der Waals surface area contributed by atoms with Crippen LogP contribution in [0.15, 0.2) is 0 Å². The van der Waals surface area contributed by atoms with Gasteiger partial charge in [0.2, 0.25) is 5.91 Å². The molecule has 1 saturated heterocycles. The zero-order valence-electron chi connectivity index (χ0n) is 10.7. The number of hydrogen-bond acceptors (Lipinski definition) is 4. The molecule has 6 nitrogen and oxygen atoms in total. The number of carboxylic acid groups (broad SMARTS) is 1. The summed E-state index contributed by atoms with van der Waals surface area (Å²) in [6.07, 6.45) is 1.91. The molecule has 2 rings (SSSR count). The highest BCUT2D eigenvalue weighted by molar-refractivity contribution is 5.87. The molecule has 1 aliphatic carbocycles. The molecule has 1 amide bonds. The second kappa shape index (κ2) is 4.20. The van der Waals surface area contributed by atoms with E-state index in [1.54, 1.807) is 13.8 Å². The lowest BCUT2D eigenvalue weighted by Crippen LogP contribution is -2.59. The first-order valence-corrected chi connectivity index (χ1v) is 6.19. The van der Waals surface area contributed by atoms with Gasteiger partial charge in [0.25, 0.3) is 0 Å². The monoisotopic (exact) mass is 256 g/mol. The number of nitrogens with two attached hydrogens (primary N) is 1. The van der Waals surface area contributed by atoms with E-state index >= 15 is 0 Å². The molecule has 3 atom stereocenters. The van der Waals surface area contributed by atoms with Gasteiger partial charge in [-0.3, -0.25) is 9.59 Å². The maximum Gasteiger partial charge on any atom is 0.313 e. The summed E-state index contributed by atoms with van der Waals surface area (Å²) in [6.45, 7) is 3.61. The normalized spacial score (nSPS) is 34.9. The van der Waals surface area contributed by atoms with Crippen LogP contribution >= 0.6 is 0 Å². The predicted octanol–water partition coefficient (Wildman–Crippen LogP) is -0.280. The maximum absolute atomic E-state index is 12.1. The Hall–Kier alpha value is -1.14. The summed E-state index contributed by atoms with van der Waals surface area (Å²) in [7, 11) is 0. The number of carbonyl (C=O) groups is 2. The molecule has 1 heterocycles. The lowest BCUT2D eigenvalue weighted by atomic mass is 9.84. The van der Waals surface area contributed by atoms with Gasteiger partial charge in [-0.1, -0.05) is 0 Å². The summed E-state index contributed by atoms with van der Waals surface area (Å²) >= 11 is 0. The number of aliphatic carboxylic acids is 1. The molecule has 2 aliphatic rings. The summed E-state index contributed by atoms with van der Waals surface area (Å²) in [5.74, 6) is -1.04. The Bertz CT molecular complexity index is 378. The van der Waals surface area contributed by atoms with Crippen molar-refractivity contribution in [3.63, 3.8) is 0 Å². The molecule has 2 fully saturated rings. The van der Waals surface area contributed by atoms with Crippen LogP contribution in [0.1, 0.15) is 26.7 Å². The molecule has 0 radical (unpaired) electrons. The molecular formula is C12H20N2O4. The first kappa shape index (κ1) is 13.3. The molecule has 0 spiro atoms. The zero-order valence-corrected chi connectivity index (χ0v) is 10.7. The van der Waals surface area contributed by atoms with E-state index in [0.29, 0.717) is 0 Å². The van der Waals surface area contributed by atoms with Crippen molar-refractivity contribution in [3.05, 3.63) is 0 Å². The molecule has 102 valence electrons. The van der Waals surface area contributed by atoms with Crippen LogP contribution < -0.4 is 11.1 Å². The average Bonchev–Trinajstić information content (AvgIpc) is 3.06. The topological polar surface area (TPSA) is 102 Å². The van der Waals surface area contributed by atoms with Gasteiger partial charge in [-0.2, -0.15) is 0 Å². The van der Waals surface area contributed by atoms with E-state index in [9.17, 15) is 14.7 Å². The van der Waals surface area contributed by atoms with Crippen LogP contribution in [0.3, 0.4) is 0 Å². The standard InChI is InChI=1S/C12H20N2O4/c1-11(10(16)17)6-18-5-8(11)14-9(15)12(2,13)7-3-4-7/h7-8H,3-6,13H2,1-2H3,(H,14,15)(H,16,17). The molecule has 1 saturated carbocycles. The summed E-state index contributed by atoms with van der Waals surface area (Å²) in [5, 5.41) is 12.0. The highest BCUT2D eigenvalue weighted by Crippen LogP contribution is 2.38. The number of carbonyl (C=O) groups excluding carboxylic acids is 1. The largest absolute Gasteiger partial charge is 0.481 e. The van der Waals surface area contributed by atoms with Gasteiger partial charge in [-0.15, -0.1) is 0 Å². The van der Waals surface area contributed by atoms with E-state index in [1.807, 2.05) is 0 Å². The molecule has 18 heavy (non-hydrogen) atoms. The van der Waals surface area contributed by atoms with Crippen molar-refractivity contribution in [2.24, 2.45) is 17.1 Å². The van der Waals surface area contributed by atoms with Crippen molar-refractivity contribution in [3.8, 4) is 0 Å². The molecule has 0 bridgehead atoms. The van der Waals surface area contributed by atoms with Gasteiger partial charge < -0.3 is 20.9 Å². The highest BCUT2D eigenvalue weighted by Gasteiger charge is 2.50. The van der Waals surface area contributed by atoms with Crippen LogP contribution in [0, 0.1) is 11.3 Å². The first-order chi connectivity index (χ1) is 8.28. The Balaban J connectivity index is 2.05. The van der Waals surface area contributed by atoms with Crippen LogP contribution in [0.2, 0.25) is 0 Å². The lowest BCUT2D eigenvalue weighted by Gasteiger charge is -2.30. The molecule has 1 aliphatic heterocycles. The fraction of sp³-hybridized carbons (Fsp3) is 0.833. The van der Waals surface area contributed by atoms with E-state index < -0.39 is 23.0 Å². The van der Waals surface area contributed by atoms with E-state index in [-0.39, 0.29) is 25.0 Å². The van der Waals surface area contributed by atoms with E-state index in [2.05, 4.69) is 5.32 Å². The third kappa shape index (κ3) is 2.10. The predicted molar refractivity (Wildman–Crippen MR) is 63.8 cm³/mol. The minimum atomic E-state index is -1.07. The number of carboxylic acids is 1. The Morgan fingerprint density at radius 1 is 1.50 bits per heavy atom. The SMILES string of the molecule is CC(N)(C(=O)NC1COCC1(C)C(=O)O)C1CC1. The zero-order chi connectivity index (χ0) is 13.6. The average molecular weight is 256 g/mol. The minimum Gasteiger partial charge on any atom is -0.481 e. The van der Waals surface area contributed by atoms with Crippen molar-refractivity contribution < 1.29 is 19.4 Å². The van der Waals surface area contributed by atoms with Crippen LogP contribution in [-0.2, 0) is 14.3 Å². The highest BCUT2D eigenvalue weighted by atomic mass is 16.5. The molecule has 0 aromatic carbocycles. The van der Waals surface area contributed by atoms with Gasteiger partial charge in [0.1, 0.15) is 5.41 Å². The Kier molecular flexibility index (Phi) is 3.11. The van der Waals surface area contributed by atoms with Crippen LogP contribution in [0.5, 0.6) is 0 Å². The fourth-order valence-electron chi connectivity index (χ4n) is 2.27. The van der Waals surface area contributed by atoms with Crippen molar-refractivity contribution >= 4 is 11.9 Å². The van der Waals surface area contributed by atoms with Crippen molar-refractivity contribution in [1.29, 1.82) is 0 Å². The molecule has 4 N–H and O–H groups in total. The molecule has 6 heteroatoms. The van der Waals surface area contributed by atoms with Gasteiger partial charge >= 0.3 is 5.97 Å². The Morgan fingerprint density at radius 3 is 2.61 bits per heavy atom. The Morgan fingerprint density at radius 2 is 2.11 bits per heavy atom. The van der Waals surface area contributed by atoms with Crippen LogP contribution in [-0.4, -0.2) is 41.8 Å². The van der Waals surface area contributed by atoms with Gasteiger partial charge in [0.05, 0.1) is 24.8 Å². The summed E-state index contributed by atoms with van der Waals surface area (Å²) in [4.78, 5) is 23.4. The van der Waals surface area contributed by atoms with Gasteiger partial charge in [0, 0.05) is 0 Å². The third-order valence-electron chi connectivity index (χ3n) is 4.16.